The fraction of sp³-hybridized carbons (Fsp3) is 0.462. The average molecular weight is 265 g/mol. The van der Waals surface area contributed by atoms with Crippen molar-refractivity contribution in [3.63, 3.8) is 0 Å². The molecular weight excluding hydrogens is 246 g/mol. The van der Waals surface area contributed by atoms with Crippen molar-refractivity contribution in [1.82, 2.24) is 0 Å². The van der Waals surface area contributed by atoms with Crippen molar-refractivity contribution in [2.45, 2.75) is 39.2 Å². The molecule has 0 aromatic heterocycles. The third-order valence-electron chi connectivity index (χ3n) is 2.97. The van der Waals surface area contributed by atoms with Crippen LogP contribution in [0.3, 0.4) is 0 Å². The minimum absolute atomic E-state index is 0.0421. The Morgan fingerprint density at radius 3 is 2.63 bits per heavy atom. The predicted molar refractivity (Wildman–Crippen MR) is 74.2 cm³/mol. The number of rotatable bonds is 7. The van der Waals surface area contributed by atoms with Gasteiger partial charge in [0, 0.05) is 17.7 Å². The van der Waals surface area contributed by atoms with Crippen molar-refractivity contribution in [3.05, 3.63) is 33.9 Å². The fourth-order valence-electron chi connectivity index (χ4n) is 1.91. The lowest BCUT2D eigenvalue weighted by molar-refractivity contribution is -0.384. The van der Waals surface area contributed by atoms with Gasteiger partial charge in [0.25, 0.3) is 5.69 Å². The summed E-state index contributed by atoms with van der Waals surface area (Å²) in [4.78, 5) is 21.7. The minimum Gasteiger partial charge on any atom is -0.377 e. The first-order valence-electron chi connectivity index (χ1n) is 6.34. The molecule has 0 aliphatic rings. The van der Waals surface area contributed by atoms with E-state index in [9.17, 15) is 14.9 Å². The van der Waals surface area contributed by atoms with E-state index >= 15 is 0 Å². The molecule has 1 aromatic carbocycles. The molecule has 0 heterocycles. The molecule has 1 aromatic rings. The highest BCUT2D eigenvalue weighted by molar-refractivity contribution is 5.94. The summed E-state index contributed by atoms with van der Waals surface area (Å²) in [5.74, 6) is -0.596. The first kappa shape index (κ1) is 14.9. The highest BCUT2D eigenvalue weighted by Gasteiger charge is 2.18. The molecule has 0 radical (unpaired) electrons. The number of nitrogens with zero attached hydrogens (tertiary/aromatic N) is 1. The van der Waals surface area contributed by atoms with E-state index in [2.05, 4.69) is 12.2 Å². The van der Waals surface area contributed by atoms with Gasteiger partial charge in [0.15, 0.2) is 0 Å². The lowest BCUT2D eigenvalue weighted by Gasteiger charge is -2.17. The number of carbonyl (C=O) groups is 1. The van der Waals surface area contributed by atoms with Gasteiger partial charge in [-0.25, -0.2) is 0 Å². The van der Waals surface area contributed by atoms with Crippen LogP contribution in [0.1, 0.15) is 43.5 Å². The number of nitrogens with one attached hydrogen (secondary N) is 1. The summed E-state index contributed by atoms with van der Waals surface area (Å²) >= 11 is 0. The van der Waals surface area contributed by atoms with Crippen LogP contribution >= 0.6 is 0 Å². The quantitative estimate of drug-likeness (QED) is 0.585. The second kappa shape index (κ2) is 6.72. The molecule has 104 valence electrons. The van der Waals surface area contributed by atoms with Gasteiger partial charge >= 0.3 is 0 Å². The van der Waals surface area contributed by atoms with Crippen LogP contribution in [0.2, 0.25) is 0 Å². The van der Waals surface area contributed by atoms with E-state index in [4.69, 9.17) is 5.73 Å². The van der Waals surface area contributed by atoms with Gasteiger partial charge in [-0.05, 0) is 25.0 Å². The van der Waals surface area contributed by atoms with E-state index in [-0.39, 0.29) is 17.3 Å². The van der Waals surface area contributed by atoms with Gasteiger partial charge in [-0.3, -0.25) is 14.9 Å². The Kier molecular flexibility index (Phi) is 5.29. The lowest BCUT2D eigenvalue weighted by atomic mass is 10.1. The number of benzene rings is 1. The molecule has 6 heteroatoms. The van der Waals surface area contributed by atoms with Crippen LogP contribution in [0.4, 0.5) is 11.4 Å². The Bertz CT molecular complexity index is 474. The molecule has 0 aliphatic carbocycles. The third-order valence-corrected chi connectivity index (χ3v) is 2.97. The Morgan fingerprint density at radius 1 is 1.47 bits per heavy atom. The van der Waals surface area contributed by atoms with E-state index in [1.165, 1.54) is 18.2 Å². The van der Waals surface area contributed by atoms with E-state index in [0.717, 1.165) is 19.3 Å². The van der Waals surface area contributed by atoms with Crippen LogP contribution in [0.15, 0.2) is 18.2 Å². The second-order valence-electron chi connectivity index (χ2n) is 4.39. The van der Waals surface area contributed by atoms with E-state index < -0.39 is 10.8 Å². The molecule has 0 fully saturated rings. The SMILES string of the molecule is CCCC(CC)Nc1cc(C(N)=O)ccc1[N+](=O)[O-]. The molecule has 1 unspecified atom stereocenters. The molecule has 1 rings (SSSR count). The first-order valence-corrected chi connectivity index (χ1v) is 6.34. The number of primary amides is 1. The zero-order valence-corrected chi connectivity index (χ0v) is 11.2. The van der Waals surface area contributed by atoms with Crippen LogP contribution in [0.25, 0.3) is 0 Å². The van der Waals surface area contributed by atoms with Crippen LogP contribution in [0, 0.1) is 10.1 Å². The van der Waals surface area contributed by atoms with Crippen molar-refractivity contribution in [3.8, 4) is 0 Å². The number of amides is 1. The van der Waals surface area contributed by atoms with Gasteiger partial charge < -0.3 is 11.1 Å². The Morgan fingerprint density at radius 2 is 2.16 bits per heavy atom. The summed E-state index contributed by atoms with van der Waals surface area (Å²) in [6, 6.07) is 4.26. The molecule has 0 bridgehead atoms. The largest absolute Gasteiger partial charge is 0.377 e. The first-order chi connectivity index (χ1) is 8.99. The summed E-state index contributed by atoms with van der Waals surface area (Å²) < 4.78 is 0. The molecule has 3 N–H and O–H groups in total. The number of nitrogens with two attached hydrogens (primary N) is 1. The van der Waals surface area contributed by atoms with Gasteiger partial charge in [0.2, 0.25) is 5.91 Å². The molecule has 0 aliphatic heterocycles. The van der Waals surface area contributed by atoms with Crippen LogP contribution in [0.5, 0.6) is 0 Å². The van der Waals surface area contributed by atoms with E-state index in [1.54, 1.807) is 0 Å². The normalized spacial score (nSPS) is 11.9. The number of nitro benzene ring substituents is 1. The molecule has 1 atom stereocenters. The maximum Gasteiger partial charge on any atom is 0.292 e. The highest BCUT2D eigenvalue weighted by atomic mass is 16.6. The van der Waals surface area contributed by atoms with Crippen LogP contribution < -0.4 is 11.1 Å². The molecule has 19 heavy (non-hydrogen) atoms. The molecule has 0 saturated carbocycles. The van der Waals surface area contributed by atoms with Crippen molar-refractivity contribution < 1.29 is 9.72 Å². The van der Waals surface area contributed by atoms with Crippen molar-refractivity contribution in [1.29, 1.82) is 0 Å². The smallest absolute Gasteiger partial charge is 0.292 e. The van der Waals surface area contributed by atoms with Crippen molar-refractivity contribution in [2.75, 3.05) is 5.32 Å². The number of hydrogen-bond acceptors (Lipinski definition) is 4. The van der Waals surface area contributed by atoms with Crippen LogP contribution in [-0.2, 0) is 0 Å². The number of nitro groups is 1. The topological polar surface area (TPSA) is 98.3 Å². The van der Waals surface area contributed by atoms with Gasteiger partial charge in [-0.1, -0.05) is 20.3 Å². The van der Waals surface area contributed by atoms with Gasteiger partial charge in [0.1, 0.15) is 5.69 Å². The minimum atomic E-state index is -0.596. The zero-order chi connectivity index (χ0) is 14.4. The van der Waals surface area contributed by atoms with Crippen molar-refractivity contribution in [2.24, 2.45) is 5.73 Å². The molecular formula is C13H19N3O3. The Hall–Kier alpha value is -2.11. The van der Waals surface area contributed by atoms with Gasteiger partial charge in [-0.15, -0.1) is 0 Å². The zero-order valence-electron chi connectivity index (χ0n) is 11.2. The van der Waals surface area contributed by atoms with Gasteiger partial charge in [-0.2, -0.15) is 0 Å². The third kappa shape index (κ3) is 3.94. The maximum absolute atomic E-state index is 11.1. The average Bonchev–Trinajstić information content (AvgIpc) is 2.37. The maximum atomic E-state index is 11.1. The summed E-state index contributed by atoms with van der Waals surface area (Å²) in [6.07, 6.45) is 2.75. The summed E-state index contributed by atoms with van der Waals surface area (Å²) in [6.45, 7) is 4.07. The monoisotopic (exact) mass is 265 g/mol. The Balaban J connectivity index is 3.09. The number of anilines is 1. The number of hydrogen-bond donors (Lipinski definition) is 2. The van der Waals surface area contributed by atoms with E-state index in [1.807, 2.05) is 6.92 Å². The predicted octanol–water partition coefficient (Wildman–Crippen LogP) is 2.68. The molecule has 1 amide bonds. The summed E-state index contributed by atoms with van der Waals surface area (Å²) in [5.41, 5.74) is 5.76. The molecule has 0 spiro atoms. The standard InChI is InChI=1S/C13H19N3O3/c1-3-5-10(4-2)15-11-8-9(13(14)17)6-7-12(11)16(18)19/h6-8,10,15H,3-5H2,1-2H3,(H2,14,17). The molecule has 6 nitrogen and oxygen atoms in total. The van der Waals surface area contributed by atoms with E-state index in [0.29, 0.717) is 5.69 Å². The summed E-state index contributed by atoms with van der Waals surface area (Å²) in [7, 11) is 0. The van der Waals surface area contributed by atoms with Crippen molar-refractivity contribution >= 4 is 17.3 Å². The lowest BCUT2D eigenvalue weighted by Crippen LogP contribution is -2.19. The summed E-state index contributed by atoms with van der Waals surface area (Å²) in [5, 5.41) is 14.1. The second-order valence-corrected chi connectivity index (χ2v) is 4.39. The number of carbonyl (C=O) groups excluding carboxylic acids is 1. The fourth-order valence-corrected chi connectivity index (χ4v) is 1.91. The Labute approximate surface area is 112 Å². The van der Waals surface area contributed by atoms with Gasteiger partial charge in [0.05, 0.1) is 4.92 Å². The van der Waals surface area contributed by atoms with Crippen LogP contribution in [-0.4, -0.2) is 16.9 Å². The molecule has 0 saturated heterocycles. The highest BCUT2D eigenvalue weighted by Crippen LogP contribution is 2.27.